The van der Waals surface area contributed by atoms with Crippen LogP contribution in [0.2, 0.25) is 0 Å². The Morgan fingerprint density at radius 2 is 1.63 bits per heavy atom. The van der Waals surface area contributed by atoms with Gasteiger partial charge in [-0.1, -0.05) is 41.5 Å². The fourth-order valence-electron chi connectivity index (χ4n) is 12.8. The van der Waals surface area contributed by atoms with Crippen molar-refractivity contribution in [3.63, 3.8) is 0 Å². The summed E-state index contributed by atoms with van der Waals surface area (Å²) in [5.41, 5.74) is 1.14. The molecule has 7 rings (SSSR count). The summed E-state index contributed by atoms with van der Waals surface area (Å²) in [4.78, 5) is 27.5. The van der Waals surface area contributed by atoms with Crippen LogP contribution in [-0.4, -0.2) is 67.4 Å². The summed E-state index contributed by atoms with van der Waals surface area (Å²) in [5.74, 6) is 2.53. The molecule has 0 aromatic heterocycles. The molecule has 3 aliphatic heterocycles. The maximum Gasteiger partial charge on any atom is 0.232 e. The van der Waals surface area contributed by atoms with E-state index in [4.69, 9.17) is 9.47 Å². The number of hydrogen-bond donors (Lipinski definition) is 2. The van der Waals surface area contributed by atoms with E-state index in [1.807, 2.05) is 4.90 Å². The second kappa shape index (κ2) is 10.4. The lowest BCUT2D eigenvalue weighted by Crippen LogP contribution is -2.64. The fraction of sp³-hybridized carbons (Fsp3) is 0.944. The molecule has 0 unspecified atom stereocenters. The summed E-state index contributed by atoms with van der Waals surface area (Å²) in [7, 11) is 0. The third-order valence-corrected chi connectivity index (χ3v) is 15.7. The average molecular weight is 598 g/mol. The second-order valence-corrected chi connectivity index (χ2v) is 17.3. The molecular formula is C36H59N3O4. The molecule has 2 N–H and O–H groups in total. The van der Waals surface area contributed by atoms with Gasteiger partial charge in [-0.3, -0.25) is 9.59 Å². The number of nitrogens with zero attached hydrogens (tertiary/aromatic N) is 1. The van der Waals surface area contributed by atoms with Crippen LogP contribution in [0, 0.1) is 51.2 Å². The molecule has 3 heterocycles. The van der Waals surface area contributed by atoms with E-state index < -0.39 is 0 Å². The summed E-state index contributed by atoms with van der Waals surface area (Å²) in [5, 5.41) is 6.58. The number of ether oxygens (including phenoxy) is 2. The van der Waals surface area contributed by atoms with Crippen molar-refractivity contribution >= 4 is 11.8 Å². The lowest BCUT2D eigenvalue weighted by atomic mass is 9.35. The van der Waals surface area contributed by atoms with E-state index in [1.165, 1.54) is 44.9 Å². The van der Waals surface area contributed by atoms with E-state index in [0.717, 1.165) is 39.0 Å². The number of amides is 2. The van der Waals surface area contributed by atoms with Crippen LogP contribution in [-0.2, 0) is 19.1 Å². The van der Waals surface area contributed by atoms with Crippen LogP contribution in [0.5, 0.6) is 0 Å². The number of fused-ring (bicyclic) bond motifs is 7. The van der Waals surface area contributed by atoms with Gasteiger partial charge >= 0.3 is 0 Å². The van der Waals surface area contributed by atoms with Crippen LogP contribution in [0.25, 0.3) is 0 Å². The van der Waals surface area contributed by atoms with Crippen molar-refractivity contribution < 1.29 is 19.1 Å². The zero-order valence-electron chi connectivity index (χ0n) is 27.9. The van der Waals surface area contributed by atoms with E-state index in [2.05, 4.69) is 52.2 Å². The molecule has 1 spiro atoms. The third kappa shape index (κ3) is 4.36. The van der Waals surface area contributed by atoms with Crippen molar-refractivity contribution in [2.75, 3.05) is 32.8 Å². The van der Waals surface area contributed by atoms with Gasteiger partial charge in [0.15, 0.2) is 5.79 Å². The molecule has 0 bridgehead atoms. The summed E-state index contributed by atoms with van der Waals surface area (Å²) in [6.07, 6.45) is 12.1. The van der Waals surface area contributed by atoms with Crippen LogP contribution in [0.1, 0.15) is 112 Å². The van der Waals surface area contributed by atoms with Gasteiger partial charge in [0.25, 0.3) is 0 Å². The maximum absolute atomic E-state index is 13.0. The van der Waals surface area contributed by atoms with Gasteiger partial charge in [0.1, 0.15) is 6.42 Å². The van der Waals surface area contributed by atoms with Gasteiger partial charge in [0.2, 0.25) is 11.8 Å². The minimum absolute atomic E-state index is 0.0106. The van der Waals surface area contributed by atoms with Gasteiger partial charge in [-0.05, 0) is 103 Å². The van der Waals surface area contributed by atoms with Gasteiger partial charge in [-0.2, -0.15) is 0 Å². The molecule has 0 aromatic carbocycles. The molecule has 7 aliphatic rings. The standard InChI is InChI=1S/C36H59N3O4/c1-23-9-12-36(42-22-23)24(2)31-27(43-36)21-35(6)28-8-7-25-19-26(38-29(40)20-30(41)39-17-15-37-16-18-39)10-11-32(25,3)33(28,4)13-14-34(31,35)5/h23-28,31,37H,7-22H2,1-6H3,(H,38,40)/t23-,24-,25+,26+,27-,28+,31-,32-,33-,34+,35-,36+/m0/s1. The lowest BCUT2D eigenvalue weighted by Gasteiger charge is -2.70. The Bertz CT molecular complexity index is 1120. The Morgan fingerprint density at radius 3 is 2.35 bits per heavy atom. The molecule has 7 fully saturated rings. The quantitative estimate of drug-likeness (QED) is 0.419. The van der Waals surface area contributed by atoms with Crippen LogP contribution in [0.15, 0.2) is 0 Å². The van der Waals surface area contributed by atoms with Crippen molar-refractivity contribution in [2.24, 2.45) is 51.2 Å². The average Bonchev–Trinajstić information content (AvgIpc) is 3.37. The Labute approximate surface area is 260 Å². The van der Waals surface area contributed by atoms with Crippen molar-refractivity contribution in [1.29, 1.82) is 0 Å². The zero-order chi connectivity index (χ0) is 30.4. The van der Waals surface area contributed by atoms with Crippen molar-refractivity contribution in [3.8, 4) is 0 Å². The fourth-order valence-corrected chi connectivity index (χ4v) is 12.8. The molecule has 2 amide bonds. The Balaban J connectivity index is 1.04. The molecule has 7 heteroatoms. The lowest BCUT2D eigenvalue weighted by molar-refractivity contribution is -0.279. The molecule has 242 valence electrons. The first-order valence-corrected chi connectivity index (χ1v) is 17.9. The van der Waals surface area contributed by atoms with Gasteiger partial charge in [-0.15, -0.1) is 0 Å². The van der Waals surface area contributed by atoms with Crippen molar-refractivity contribution in [1.82, 2.24) is 15.5 Å². The zero-order valence-corrected chi connectivity index (χ0v) is 27.9. The summed E-state index contributed by atoms with van der Waals surface area (Å²) >= 11 is 0. The number of carbonyl (C=O) groups is 2. The summed E-state index contributed by atoms with van der Waals surface area (Å²) in [6.45, 7) is 19.2. The Morgan fingerprint density at radius 1 is 0.884 bits per heavy atom. The third-order valence-electron chi connectivity index (χ3n) is 15.7. The number of piperazine rings is 1. The van der Waals surface area contributed by atoms with Gasteiger partial charge in [-0.25, -0.2) is 0 Å². The topological polar surface area (TPSA) is 79.9 Å². The molecule has 7 nitrogen and oxygen atoms in total. The highest BCUT2D eigenvalue weighted by Gasteiger charge is 2.75. The van der Waals surface area contributed by atoms with Crippen LogP contribution >= 0.6 is 0 Å². The molecule has 12 atom stereocenters. The molecule has 43 heavy (non-hydrogen) atoms. The van der Waals surface area contributed by atoms with Gasteiger partial charge < -0.3 is 25.0 Å². The second-order valence-electron chi connectivity index (χ2n) is 17.3. The Kier molecular flexibility index (Phi) is 7.38. The normalized spacial score (nSPS) is 52.6. The SMILES string of the molecule is C[C@H]1CC[C@@]2(OC1)O[C@H]1C[C@@]3(C)[C@@H]4CC[C@@H]5C[C@H](NC(=O)CC(=O)N6CCNCC6)CC[C@]5(C)[C@@]4(C)CC[C@]3(C)[C@H]1[C@@H]2C. The molecule has 4 aliphatic carbocycles. The summed E-state index contributed by atoms with van der Waals surface area (Å²) < 4.78 is 13.6. The molecular weight excluding hydrogens is 538 g/mol. The Hall–Kier alpha value is -1.18. The summed E-state index contributed by atoms with van der Waals surface area (Å²) in [6, 6.07) is 0.195. The van der Waals surface area contributed by atoms with Crippen LogP contribution < -0.4 is 10.6 Å². The van der Waals surface area contributed by atoms with E-state index in [-0.39, 0.29) is 46.3 Å². The highest BCUT2D eigenvalue weighted by molar-refractivity contribution is 5.97. The first-order valence-electron chi connectivity index (χ1n) is 17.9. The maximum atomic E-state index is 13.0. The van der Waals surface area contributed by atoms with E-state index >= 15 is 0 Å². The molecule has 0 aromatic rings. The van der Waals surface area contributed by atoms with E-state index in [9.17, 15) is 9.59 Å². The van der Waals surface area contributed by atoms with Gasteiger partial charge in [0, 0.05) is 44.6 Å². The molecule has 0 radical (unpaired) electrons. The largest absolute Gasteiger partial charge is 0.353 e. The first-order chi connectivity index (χ1) is 20.4. The van der Waals surface area contributed by atoms with Crippen LogP contribution in [0.4, 0.5) is 0 Å². The first kappa shape index (κ1) is 30.5. The minimum Gasteiger partial charge on any atom is -0.353 e. The molecule has 3 saturated heterocycles. The number of rotatable bonds is 3. The van der Waals surface area contributed by atoms with Crippen molar-refractivity contribution in [3.05, 3.63) is 0 Å². The van der Waals surface area contributed by atoms with Gasteiger partial charge in [0.05, 0.1) is 12.7 Å². The monoisotopic (exact) mass is 597 g/mol. The van der Waals surface area contributed by atoms with E-state index in [0.29, 0.717) is 54.2 Å². The van der Waals surface area contributed by atoms with Crippen LogP contribution in [0.3, 0.4) is 0 Å². The predicted molar refractivity (Wildman–Crippen MR) is 167 cm³/mol. The predicted octanol–water partition coefficient (Wildman–Crippen LogP) is 5.52. The number of nitrogens with one attached hydrogen (secondary N) is 2. The number of hydrogen-bond acceptors (Lipinski definition) is 5. The minimum atomic E-state index is -0.352. The number of carbonyl (C=O) groups excluding carboxylic acids is 2. The smallest absolute Gasteiger partial charge is 0.232 e. The van der Waals surface area contributed by atoms with E-state index in [1.54, 1.807) is 0 Å². The van der Waals surface area contributed by atoms with Crippen molar-refractivity contribution in [2.45, 2.75) is 130 Å². The molecule has 4 saturated carbocycles. The highest BCUT2D eigenvalue weighted by atomic mass is 16.7. The highest BCUT2D eigenvalue weighted by Crippen LogP contribution is 2.79.